The van der Waals surface area contributed by atoms with Crippen molar-refractivity contribution < 1.29 is 4.74 Å². The Balaban J connectivity index is 2.52. The second-order valence-corrected chi connectivity index (χ2v) is 3.34. The van der Waals surface area contributed by atoms with E-state index in [-0.39, 0.29) is 5.56 Å². The second kappa shape index (κ2) is 3.65. The summed E-state index contributed by atoms with van der Waals surface area (Å²) in [6.45, 7) is 1.95. The monoisotopic (exact) mass is 204 g/mol. The van der Waals surface area contributed by atoms with Crippen LogP contribution in [0.2, 0.25) is 0 Å². The SMILES string of the molecule is COc1ccc(-c2c[nH][nH]c2=O)cc1C. The number of aromatic nitrogens is 2. The van der Waals surface area contributed by atoms with E-state index in [1.165, 1.54) is 0 Å². The van der Waals surface area contributed by atoms with Gasteiger partial charge in [0.05, 0.1) is 12.7 Å². The highest BCUT2D eigenvalue weighted by atomic mass is 16.5. The van der Waals surface area contributed by atoms with Crippen LogP contribution in [0.25, 0.3) is 11.1 Å². The predicted molar refractivity (Wildman–Crippen MR) is 58.1 cm³/mol. The fraction of sp³-hybridized carbons (Fsp3) is 0.182. The van der Waals surface area contributed by atoms with Gasteiger partial charge in [0.25, 0.3) is 5.56 Å². The van der Waals surface area contributed by atoms with Crippen LogP contribution in [0.1, 0.15) is 5.56 Å². The number of ether oxygens (including phenoxy) is 1. The lowest BCUT2D eigenvalue weighted by molar-refractivity contribution is 0.412. The topological polar surface area (TPSA) is 57.9 Å². The number of rotatable bonds is 2. The highest BCUT2D eigenvalue weighted by Gasteiger charge is 2.05. The maximum absolute atomic E-state index is 11.4. The first-order chi connectivity index (χ1) is 7.22. The van der Waals surface area contributed by atoms with Crippen molar-refractivity contribution in [2.75, 3.05) is 7.11 Å². The van der Waals surface area contributed by atoms with E-state index in [0.29, 0.717) is 5.56 Å². The minimum absolute atomic E-state index is 0.112. The maximum Gasteiger partial charge on any atom is 0.271 e. The van der Waals surface area contributed by atoms with E-state index >= 15 is 0 Å². The molecule has 0 amide bonds. The van der Waals surface area contributed by atoms with Gasteiger partial charge in [0.2, 0.25) is 0 Å². The minimum Gasteiger partial charge on any atom is -0.496 e. The summed E-state index contributed by atoms with van der Waals surface area (Å²) in [5, 5.41) is 5.18. The van der Waals surface area contributed by atoms with E-state index in [1.807, 2.05) is 25.1 Å². The molecule has 0 unspecified atom stereocenters. The Hall–Kier alpha value is -1.97. The van der Waals surface area contributed by atoms with Gasteiger partial charge in [-0.1, -0.05) is 6.07 Å². The zero-order valence-corrected chi connectivity index (χ0v) is 8.63. The van der Waals surface area contributed by atoms with Crippen molar-refractivity contribution in [3.05, 3.63) is 40.3 Å². The lowest BCUT2D eigenvalue weighted by atomic mass is 10.1. The average molecular weight is 204 g/mol. The van der Waals surface area contributed by atoms with Crippen molar-refractivity contribution in [3.8, 4) is 16.9 Å². The summed E-state index contributed by atoms with van der Waals surface area (Å²) in [7, 11) is 1.63. The molecule has 4 heteroatoms. The molecule has 1 aromatic heterocycles. The van der Waals surface area contributed by atoms with E-state index in [1.54, 1.807) is 13.3 Å². The third-order valence-electron chi connectivity index (χ3n) is 2.35. The van der Waals surface area contributed by atoms with Crippen LogP contribution in [-0.4, -0.2) is 17.3 Å². The first kappa shape index (κ1) is 9.58. The van der Waals surface area contributed by atoms with Crippen molar-refractivity contribution in [2.45, 2.75) is 6.92 Å². The Kier molecular flexibility index (Phi) is 2.33. The summed E-state index contributed by atoms with van der Waals surface area (Å²) in [5.74, 6) is 0.825. The number of nitrogens with one attached hydrogen (secondary N) is 2. The molecule has 2 rings (SSSR count). The van der Waals surface area contributed by atoms with Gasteiger partial charge in [-0.15, -0.1) is 0 Å². The summed E-state index contributed by atoms with van der Waals surface area (Å²) >= 11 is 0. The third kappa shape index (κ3) is 1.66. The standard InChI is InChI=1S/C11H12N2O2/c1-7-5-8(3-4-10(7)15-2)9-6-12-13-11(9)14/h3-6H,1-2H3,(H2,12,13,14). The van der Waals surface area contributed by atoms with E-state index in [0.717, 1.165) is 16.9 Å². The highest BCUT2D eigenvalue weighted by Crippen LogP contribution is 2.23. The number of methoxy groups -OCH3 is 1. The molecule has 0 radical (unpaired) electrons. The molecular weight excluding hydrogens is 192 g/mol. The van der Waals surface area contributed by atoms with Gasteiger partial charge in [-0.3, -0.25) is 9.89 Å². The largest absolute Gasteiger partial charge is 0.496 e. The zero-order chi connectivity index (χ0) is 10.8. The third-order valence-corrected chi connectivity index (χ3v) is 2.35. The van der Waals surface area contributed by atoms with Crippen molar-refractivity contribution in [3.63, 3.8) is 0 Å². The Bertz CT molecular complexity index is 525. The van der Waals surface area contributed by atoms with E-state index < -0.39 is 0 Å². The van der Waals surface area contributed by atoms with Gasteiger partial charge >= 0.3 is 0 Å². The molecular formula is C11H12N2O2. The molecule has 0 saturated carbocycles. The predicted octanol–water partition coefficient (Wildman–Crippen LogP) is 1.69. The van der Waals surface area contributed by atoms with Crippen molar-refractivity contribution >= 4 is 0 Å². The normalized spacial score (nSPS) is 10.3. The number of benzene rings is 1. The summed E-state index contributed by atoms with van der Waals surface area (Å²) in [5.41, 5.74) is 2.42. The fourth-order valence-corrected chi connectivity index (χ4v) is 1.57. The fourth-order valence-electron chi connectivity index (χ4n) is 1.57. The van der Waals surface area contributed by atoms with Crippen LogP contribution in [0.3, 0.4) is 0 Å². The number of aromatic amines is 2. The molecule has 78 valence electrons. The van der Waals surface area contributed by atoms with Gasteiger partial charge in [0.15, 0.2) is 0 Å². The molecule has 0 aliphatic rings. The molecule has 0 aliphatic heterocycles. The molecule has 0 spiro atoms. The highest BCUT2D eigenvalue weighted by molar-refractivity contribution is 5.63. The van der Waals surface area contributed by atoms with Crippen LogP contribution in [0, 0.1) is 6.92 Å². The van der Waals surface area contributed by atoms with Crippen LogP contribution in [0.15, 0.2) is 29.2 Å². The van der Waals surface area contributed by atoms with Crippen molar-refractivity contribution in [1.29, 1.82) is 0 Å². The lowest BCUT2D eigenvalue weighted by Crippen LogP contribution is -2.01. The van der Waals surface area contributed by atoms with Crippen molar-refractivity contribution in [2.24, 2.45) is 0 Å². The van der Waals surface area contributed by atoms with Crippen LogP contribution < -0.4 is 10.3 Å². The van der Waals surface area contributed by atoms with Crippen LogP contribution >= 0.6 is 0 Å². The Morgan fingerprint density at radius 2 is 2.13 bits per heavy atom. The lowest BCUT2D eigenvalue weighted by Gasteiger charge is -2.05. The maximum atomic E-state index is 11.4. The van der Waals surface area contributed by atoms with Gasteiger partial charge in [-0.05, 0) is 30.2 Å². The van der Waals surface area contributed by atoms with E-state index in [9.17, 15) is 4.79 Å². The van der Waals surface area contributed by atoms with Crippen LogP contribution in [0.4, 0.5) is 0 Å². The quantitative estimate of drug-likeness (QED) is 0.782. The summed E-state index contributed by atoms with van der Waals surface area (Å²) in [6.07, 6.45) is 1.66. The van der Waals surface area contributed by atoms with E-state index in [2.05, 4.69) is 10.2 Å². The van der Waals surface area contributed by atoms with Gasteiger partial charge in [-0.2, -0.15) is 0 Å². The number of hydrogen-bond donors (Lipinski definition) is 2. The van der Waals surface area contributed by atoms with Crippen LogP contribution in [-0.2, 0) is 0 Å². The summed E-state index contributed by atoms with van der Waals surface area (Å²) < 4.78 is 5.15. The average Bonchev–Trinajstić information content (AvgIpc) is 2.64. The van der Waals surface area contributed by atoms with Crippen LogP contribution in [0.5, 0.6) is 5.75 Å². The van der Waals surface area contributed by atoms with Gasteiger partial charge in [-0.25, -0.2) is 0 Å². The molecule has 0 fully saturated rings. The van der Waals surface area contributed by atoms with Gasteiger partial charge in [0.1, 0.15) is 5.75 Å². The Morgan fingerprint density at radius 1 is 1.33 bits per heavy atom. The second-order valence-electron chi connectivity index (χ2n) is 3.34. The van der Waals surface area contributed by atoms with E-state index in [4.69, 9.17) is 4.74 Å². The number of aryl methyl sites for hydroxylation is 1. The Labute approximate surface area is 86.9 Å². The summed E-state index contributed by atoms with van der Waals surface area (Å²) in [6, 6.07) is 5.65. The van der Waals surface area contributed by atoms with Gasteiger partial charge < -0.3 is 9.84 Å². The molecule has 4 nitrogen and oxygen atoms in total. The molecule has 1 aromatic carbocycles. The molecule has 15 heavy (non-hydrogen) atoms. The molecule has 0 saturated heterocycles. The zero-order valence-electron chi connectivity index (χ0n) is 8.63. The van der Waals surface area contributed by atoms with Gasteiger partial charge in [0, 0.05) is 6.20 Å². The summed E-state index contributed by atoms with van der Waals surface area (Å²) in [4.78, 5) is 11.4. The minimum atomic E-state index is -0.112. The Morgan fingerprint density at radius 3 is 2.67 bits per heavy atom. The smallest absolute Gasteiger partial charge is 0.271 e. The molecule has 0 aliphatic carbocycles. The van der Waals surface area contributed by atoms with Crippen molar-refractivity contribution in [1.82, 2.24) is 10.2 Å². The molecule has 0 atom stereocenters. The molecule has 1 heterocycles. The number of hydrogen-bond acceptors (Lipinski definition) is 2. The molecule has 2 aromatic rings. The molecule has 2 N–H and O–H groups in total. The molecule has 0 bridgehead atoms. The first-order valence-electron chi connectivity index (χ1n) is 4.63. The first-order valence-corrected chi connectivity index (χ1v) is 4.63. The number of H-pyrrole nitrogens is 2.